The summed E-state index contributed by atoms with van der Waals surface area (Å²) in [6.07, 6.45) is 7.48. The molecule has 28 heavy (non-hydrogen) atoms. The minimum atomic E-state index is -3.79. The van der Waals surface area contributed by atoms with Gasteiger partial charge in [-0.05, 0) is 66.6 Å². The van der Waals surface area contributed by atoms with Crippen LogP contribution < -0.4 is 4.72 Å². The fraction of sp³-hybridized carbons (Fsp3) is 0.286. The van der Waals surface area contributed by atoms with E-state index >= 15 is 0 Å². The predicted octanol–water partition coefficient (Wildman–Crippen LogP) is 3.51. The number of hydrogen-bond donors (Lipinski definition) is 1. The molecule has 0 saturated heterocycles. The molecule has 5 nitrogen and oxygen atoms in total. The van der Waals surface area contributed by atoms with Crippen LogP contribution >= 0.6 is 0 Å². The molecular formula is C21H22FN3O2S. The first-order valence-electron chi connectivity index (χ1n) is 9.31. The van der Waals surface area contributed by atoms with Crippen molar-refractivity contribution >= 4 is 10.0 Å². The van der Waals surface area contributed by atoms with Crippen LogP contribution in [-0.4, -0.2) is 18.0 Å². The molecule has 1 unspecified atom stereocenters. The van der Waals surface area contributed by atoms with E-state index in [4.69, 9.17) is 0 Å². The number of nitrogens with one attached hydrogen (secondary N) is 1. The first-order valence-corrected chi connectivity index (χ1v) is 10.8. The molecule has 0 amide bonds. The number of nitrogens with zero attached hydrogens (tertiary/aromatic N) is 2. The molecule has 0 spiro atoms. The monoisotopic (exact) mass is 399 g/mol. The van der Waals surface area contributed by atoms with Gasteiger partial charge in [-0.3, -0.25) is 0 Å². The van der Waals surface area contributed by atoms with Gasteiger partial charge < -0.3 is 4.57 Å². The molecule has 1 atom stereocenters. The number of imidazole rings is 1. The van der Waals surface area contributed by atoms with Gasteiger partial charge in [0.2, 0.25) is 10.0 Å². The van der Waals surface area contributed by atoms with Gasteiger partial charge in [-0.15, -0.1) is 0 Å². The number of hydrogen-bond acceptors (Lipinski definition) is 3. The fourth-order valence-corrected chi connectivity index (χ4v) is 4.91. The highest BCUT2D eigenvalue weighted by atomic mass is 32.2. The minimum absolute atomic E-state index is 0.245. The van der Waals surface area contributed by atoms with Crippen molar-refractivity contribution in [3.05, 3.63) is 83.2 Å². The lowest BCUT2D eigenvalue weighted by molar-refractivity contribution is 0.561. The number of sulfonamides is 1. The van der Waals surface area contributed by atoms with Crippen LogP contribution in [0.3, 0.4) is 0 Å². The molecule has 0 fully saturated rings. The molecule has 1 N–H and O–H groups in total. The van der Waals surface area contributed by atoms with E-state index in [1.165, 1.54) is 17.7 Å². The maximum absolute atomic E-state index is 13.4. The Morgan fingerprint density at radius 3 is 2.46 bits per heavy atom. The second-order valence-corrected chi connectivity index (χ2v) is 8.85. The van der Waals surface area contributed by atoms with E-state index < -0.39 is 16.1 Å². The maximum Gasteiger partial charge on any atom is 0.241 e. The van der Waals surface area contributed by atoms with Gasteiger partial charge in [0.15, 0.2) is 0 Å². The summed E-state index contributed by atoms with van der Waals surface area (Å²) in [6.45, 7) is 0. The van der Waals surface area contributed by atoms with Crippen molar-refractivity contribution < 1.29 is 12.8 Å². The van der Waals surface area contributed by atoms with Crippen molar-refractivity contribution in [2.45, 2.75) is 36.6 Å². The summed E-state index contributed by atoms with van der Waals surface area (Å²) in [7, 11) is -1.99. The van der Waals surface area contributed by atoms with Gasteiger partial charge in [0.05, 0.1) is 4.90 Å². The number of benzene rings is 2. The zero-order valence-electron chi connectivity index (χ0n) is 15.6. The summed E-state index contributed by atoms with van der Waals surface area (Å²) in [5, 5.41) is 0. The Labute approximate surface area is 164 Å². The minimum Gasteiger partial charge on any atom is -0.336 e. The van der Waals surface area contributed by atoms with Crippen LogP contribution in [0.5, 0.6) is 0 Å². The molecular weight excluding hydrogens is 377 g/mol. The number of aryl methyl sites for hydroxylation is 3. The smallest absolute Gasteiger partial charge is 0.241 e. The summed E-state index contributed by atoms with van der Waals surface area (Å²) >= 11 is 0. The molecule has 0 saturated carbocycles. The highest BCUT2D eigenvalue weighted by Crippen LogP contribution is 2.27. The Kier molecular flexibility index (Phi) is 5.03. The maximum atomic E-state index is 13.4. The van der Waals surface area contributed by atoms with Crippen LogP contribution in [0.4, 0.5) is 4.39 Å². The molecule has 0 radical (unpaired) electrons. The zero-order valence-corrected chi connectivity index (χ0v) is 16.4. The molecule has 3 aromatic rings. The van der Waals surface area contributed by atoms with Crippen LogP contribution in [0.2, 0.25) is 0 Å². The van der Waals surface area contributed by atoms with Crippen LogP contribution in [0.25, 0.3) is 0 Å². The largest absolute Gasteiger partial charge is 0.336 e. The second kappa shape index (κ2) is 7.48. The summed E-state index contributed by atoms with van der Waals surface area (Å²) < 4.78 is 44.2. The highest BCUT2D eigenvalue weighted by molar-refractivity contribution is 7.89. The van der Waals surface area contributed by atoms with Crippen molar-refractivity contribution in [2.24, 2.45) is 7.05 Å². The lowest BCUT2D eigenvalue weighted by Crippen LogP contribution is -2.31. The topological polar surface area (TPSA) is 64.0 Å². The summed E-state index contributed by atoms with van der Waals surface area (Å²) in [4.78, 5) is 4.55. The van der Waals surface area contributed by atoms with Gasteiger partial charge in [-0.2, -0.15) is 4.72 Å². The van der Waals surface area contributed by atoms with Crippen LogP contribution in [-0.2, 0) is 29.9 Å². The second-order valence-electron chi connectivity index (χ2n) is 7.14. The SMILES string of the molecule is Cn1ccnc1C(NS(=O)(=O)c1ccc2c(c1)CCCC2)c1ccc(F)cc1. The molecule has 0 aliphatic heterocycles. The molecule has 0 bridgehead atoms. The Balaban J connectivity index is 1.71. The van der Waals surface area contributed by atoms with Gasteiger partial charge in [-0.1, -0.05) is 18.2 Å². The molecule has 2 aromatic carbocycles. The van der Waals surface area contributed by atoms with Crippen molar-refractivity contribution in [2.75, 3.05) is 0 Å². The third kappa shape index (κ3) is 3.72. The summed E-state index contributed by atoms with van der Waals surface area (Å²) in [5.74, 6) is 0.160. The predicted molar refractivity (Wildman–Crippen MR) is 105 cm³/mol. The third-order valence-electron chi connectivity index (χ3n) is 5.22. The van der Waals surface area contributed by atoms with Gasteiger partial charge in [0.1, 0.15) is 17.7 Å². The van der Waals surface area contributed by atoms with E-state index in [9.17, 15) is 12.8 Å². The van der Waals surface area contributed by atoms with Crippen molar-refractivity contribution in [3.63, 3.8) is 0 Å². The zero-order chi connectivity index (χ0) is 19.7. The van der Waals surface area contributed by atoms with Crippen LogP contribution in [0, 0.1) is 5.82 Å². The summed E-state index contributed by atoms with van der Waals surface area (Å²) in [6, 6.07) is 10.4. The van der Waals surface area contributed by atoms with Crippen molar-refractivity contribution in [1.82, 2.24) is 14.3 Å². The first kappa shape index (κ1) is 18.8. The standard InChI is InChI=1S/C21H22FN3O2S/c1-25-13-12-23-21(25)20(16-6-9-18(22)10-7-16)24-28(26,27)19-11-8-15-4-2-3-5-17(15)14-19/h6-14,20,24H,2-5H2,1H3. The van der Waals surface area contributed by atoms with E-state index in [2.05, 4.69) is 9.71 Å². The molecule has 1 heterocycles. The van der Waals surface area contributed by atoms with E-state index in [0.717, 1.165) is 31.2 Å². The molecule has 1 aromatic heterocycles. The van der Waals surface area contributed by atoms with Crippen LogP contribution in [0.15, 0.2) is 59.8 Å². The van der Waals surface area contributed by atoms with Crippen molar-refractivity contribution in [1.29, 1.82) is 0 Å². The van der Waals surface area contributed by atoms with Crippen LogP contribution in [0.1, 0.15) is 41.4 Å². The number of halogens is 1. The van der Waals surface area contributed by atoms with E-state index in [-0.39, 0.29) is 10.7 Å². The Bertz CT molecular complexity index is 1090. The van der Waals surface area contributed by atoms with E-state index in [1.807, 2.05) is 6.07 Å². The number of fused-ring (bicyclic) bond motifs is 1. The molecule has 1 aliphatic carbocycles. The van der Waals surface area contributed by atoms with Gasteiger partial charge in [-0.25, -0.2) is 17.8 Å². The summed E-state index contributed by atoms with van der Waals surface area (Å²) in [5.41, 5.74) is 2.95. The average molecular weight is 399 g/mol. The first-order chi connectivity index (χ1) is 13.4. The molecule has 1 aliphatic rings. The lowest BCUT2D eigenvalue weighted by atomic mass is 9.92. The van der Waals surface area contributed by atoms with Gasteiger partial charge >= 0.3 is 0 Å². The normalized spacial score (nSPS) is 15.2. The third-order valence-corrected chi connectivity index (χ3v) is 6.64. The Morgan fingerprint density at radius 1 is 1.07 bits per heavy atom. The quantitative estimate of drug-likeness (QED) is 0.714. The fourth-order valence-electron chi connectivity index (χ4n) is 3.68. The average Bonchev–Trinajstić information content (AvgIpc) is 3.12. The Hall–Kier alpha value is -2.51. The molecule has 7 heteroatoms. The van der Waals surface area contributed by atoms with E-state index in [1.54, 1.807) is 48.3 Å². The number of aromatic nitrogens is 2. The number of rotatable bonds is 5. The Morgan fingerprint density at radius 2 is 1.79 bits per heavy atom. The van der Waals surface area contributed by atoms with Gasteiger partial charge in [0.25, 0.3) is 0 Å². The highest BCUT2D eigenvalue weighted by Gasteiger charge is 2.26. The van der Waals surface area contributed by atoms with E-state index in [0.29, 0.717) is 11.4 Å². The molecule has 4 rings (SSSR count). The molecule has 146 valence electrons. The van der Waals surface area contributed by atoms with Crippen molar-refractivity contribution in [3.8, 4) is 0 Å². The lowest BCUT2D eigenvalue weighted by Gasteiger charge is -2.21. The van der Waals surface area contributed by atoms with Gasteiger partial charge in [0, 0.05) is 19.4 Å².